The van der Waals surface area contributed by atoms with Gasteiger partial charge in [0.15, 0.2) is 0 Å². The van der Waals surface area contributed by atoms with Crippen molar-refractivity contribution in [3.8, 4) is 11.8 Å². The van der Waals surface area contributed by atoms with E-state index in [0.717, 1.165) is 18.0 Å². The van der Waals surface area contributed by atoms with Crippen molar-refractivity contribution < 1.29 is 5.11 Å². The van der Waals surface area contributed by atoms with Crippen molar-refractivity contribution in [2.24, 2.45) is 5.73 Å². The SMILES string of the molecule is NCC#Cc1ccc(CN(CCO)C2CC2)s1. The molecule has 2 rings (SSSR count). The van der Waals surface area contributed by atoms with Gasteiger partial charge in [-0.2, -0.15) is 0 Å². The van der Waals surface area contributed by atoms with E-state index < -0.39 is 0 Å². The fraction of sp³-hybridized carbons (Fsp3) is 0.538. The standard InChI is InChI=1S/C13H18N2OS/c14-7-1-2-12-5-6-13(17-12)10-15(8-9-16)11-3-4-11/h5-6,11,16H,3-4,7-10,14H2. The smallest absolute Gasteiger partial charge is 0.0772 e. The lowest BCUT2D eigenvalue weighted by Gasteiger charge is -2.19. The van der Waals surface area contributed by atoms with Crippen molar-refractivity contribution in [2.45, 2.75) is 25.4 Å². The molecule has 0 saturated heterocycles. The van der Waals surface area contributed by atoms with E-state index in [1.54, 1.807) is 11.3 Å². The Kier molecular flexibility index (Phi) is 4.57. The van der Waals surface area contributed by atoms with Crippen LogP contribution < -0.4 is 5.73 Å². The molecule has 3 N–H and O–H groups in total. The van der Waals surface area contributed by atoms with Crippen LogP contribution in [0.5, 0.6) is 0 Å². The van der Waals surface area contributed by atoms with E-state index in [1.165, 1.54) is 17.7 Å². The minimum atomic E-state index is 0.238. The third-order valence-electron chi connectivity index (χ3n) is 2.78. The first-order valence-electron chi connectivity index (χ1n) is 5.96. The van der Waals surface area contributed by atoms with Gasteiger partial charge in [0.2, 0.25) is 0 Å². The van der Waals surface area contributed by atoms with Gasteiger partial charge >= 0.3 is 0 Å². The van der Waals surface area contributed by atoms with Crippen LogP contribution in [-0.2, 0) is 6.54 Å². The van der Waals surface area contributed by atoms with Gasteiger partial charge in [0.05, 0.1) is 18.0 Å². The summed E-state index contributed by atoms with van der Waals surface area (Å²) in [4.78, 5) is 4.74. The number of nitrogens with two attached hydrogens (primary N) is 1. The number of nitrogens with zero attached hydrogens (tertiary/aromatic N) is 1. The Morgan fingerprint density at radius 1 is 1.47 bits per heavy atom. The Bertz CT molecular complexity index is 415. The number of aliphatic hydroxyl groups excluding tert-OH is 1. The van der Waals surface area contributed by atoms with Crippen molar-refractivity contribution in [3.05, 3.63) is 21.9 Å². The van der Waals surface area contributed by atoms with Gasteiger partial charge in [-0.15, -0.1) is 11.3 Å². The molecule has 0 atom stereocenters. The molecule has 1 aliphatic carbocycles. The second-order valence-corrected chi connectivity index (χ2v) is 5.37. The number of rotatable bonds is 5. The summed E-state index contributed by atoms with van der Waals surface area (Å²) in [5.74, 6) is 5.92. The highest BCUT2D eigenvalue weighted by Crippen LogP contribution is 2.29. The molecule has 17 heavy (non-hydrogen) atoms. The Morgan fingerprint density at radius 3 is 2.94 bits per heavy atom. The number of aliphatic hydroxyl groups is 1. The molecule has 1 aromatic rings. The zero-order valence-electron chi connectivity index (χ0n) is 9.85. The van der Waals surface area contributed by atoms with Gasteiger partial charge in [-0.3, -0.25) is 4.90 Å². The van der Waals surface area contributed by atoms with Gasteiger partial charge in [0.1, 0.15) is 0 Å². The molecular formula is C13H18N2OS. The van der Waals surface area contributed by atoms with Crippen LogP contribution in [0.4, 0.5) is 0 Å². The van der Waals surface area contributed by atoms with Crippen LogP contribution in [0.3, 0.4) is 0 Å². The third-order valence-corrected chi connectivity index (χ3v) is 3.77. The van der Waals surface area contributed by atoms with Crippen molar-refractivity contribution in [3.63, 3.8) is 0 Å². The van der Waals surface area contributed by atoms with Gasteiger partial charge in [0.25, 0.3) is 0 Å². The van der Waals surface area contributed by atoms with Crippen molar-refractivity contribution in [1.82, 2.24) is 4.90 Å². The summed E-state index contributed by atoms with van der Waals surface area (Å²) >= 11 is 1.72. The van der Waals surface area contributed by atoms with Gasteiger partial charge in [-0.1, -0.05) is 11.8 Å². The third kappa shape index (κ3) is 3.83. The fourth-order valence-electron chi connectivity index (χ4n) is 1.83. The van der Waals surface area contributed by atoms with Crippen LogP contribution >= 0.6 is 11.3 Å². The Hall–Kier alpha value is -0.860. The molecule has 0 unspecified atom stereocenters. The lowest BCUT2D eigenvalue weighted by atomic mass is 10.3. The molecule has 1 heterocycles. The Labute approximate surface area is 106 Å². The molecule has 0 radical (unpaired) electrons. The van der Waals surface area contributed by atoms with Crippen LogP contribution in [-0.4, -0.2) is 35.7 Å². The first-order chi connectivity index (χ1) is 8.33. The van der Waals surface area contributed by atoms with E-state index in [9.17, 15) is 0 Å². The summed E-state index contributed by atoms with van der Waals surface area (Å²) < 4.78 is 0. The lowest BCUT2D eigenvalue weighted by molar-refractivity contribution is 0.184. The highest BCUT2D eigenvalue weighted by molar-refractivity contribution is 7.12. The van der Waals surface area contributed by atoms with E-state index in [0.29, 0.717) is 12.6 Å². The molecular weight excluding hydrogens is 232 g/mol. The Balaban J connectivity index is 1.94. The first-order valence-corrected chi connectivity index (χ1v) is 6.77. The van der Waals surface area contributed by atoms with Crippen LogP contribution in [0.2, 0.25) is 0 Å². The number of hydrogen-bond donors (Lipinski definition) is 2. The molecule has 4 heteroatoms. The van der Waals surface area contributed by atoms with Gasteiger partial charge in [-0.05, 0) is 25.0 Å². The predicted molar refractivity (Wildman–Crippen MR) is 70.8 cm³/mol. The van der Waals surface area contributed by atoms with Crippen molar-refractivity contribution in [1.29, 1.82) is 0 Å². The molecule has 0 spiro atoms. The lowest BCUT2D eigenvalue weighted by Crippen LogP contribution is -2.28. The maximum absolute atomic E-state index is 9.04. The highest BCUT2D eigenvalue weighted by atomic mass is 32.1. The number of thiophene rings is 1. The topological polar surface area (TPSA) is 49.5 Å². The summed E-state index contributed by atoms with van der Waals surface area (Å²) in [6, 6.07) is 4.85. The molecule has 1 saturated carbocycles. The molecule has 0 aliphatic heterocycles. The molecule has 1 aromatic heterocycles. The minimum Gasteiger partial charge on any atom is -0.395 e. The largest absolute Gasteiger partial charge is 0.395 e. The quantitative estimate of drug-likeness (QED) is 0.767. The van der Waals surface area contributed by atoms with E-state index >= 15 is 0 Å². The van der Waals surface area contributed by atoms with E-state index in [4.69, 9.17) is 10.8 Å². The maximum Gasteiger partial charge on any atom is 0.0772 e. The molecule has 0 amide bonds. The molecule has 92 valence electrons. The van der Waals surface area contributed by atoms with Gasteiger partial charge in [0, 0.05) is 24.0 Å². The highest BCUT2D eigenvalue weighted by Gasteiger charge is 2.28. The van der Waals surface area contributed by atoms with Crippen LogP contribution in [0.25, 0.3) is 0 Å². The monoisotopic (exact) mass is 250 g/mol. The zero-order valence-corrected chi connectivity index (χ0v) is 10.7. The summed E-state index contributed by atoms with van der Waals surface area (Å²) in [7, 11) is 0. The molecule has 1 fully saturated rings. The normalized spacial score (nSPS) is 14.8. The summed E-state index contributed by atoms with van der Waals surface area (Å²) in [5, 5.41) is 9.04. The average Bonchev–Trinajstić information content (AvgIpc) is 3.08. The van der Waals surface area contributed by atoms with E-state index in [1.807, 2.05) is 6.07 Å². The summed E-state index contributed by atoms with van der Waals surface area (Å²) in [6.07, 6.45) is 2.54. The van der Waals surface area contributed by atoms with Crippen LogP contribution in [0.1, 0.15) is 22.6 Å². The fourth-order valence-corrected chi connectivity index (χ4v) is 2.74. The average molecular weight is 250 g/mol. The van der Waals surface area contributed by atoms with Gasteiger partial charge in [-0.25, -0.2) is 0 Å². The maximum atomic E-state index is 9.04. The molecule has 3 nitrogen and oxygen atoms in total. The van der Waals surface area contributed by atoms with Crippen LogP contribution in [0.15, 0.2) is 12.1 Å². The first kappa shape index (κ1) is 12.6. The molecule has 0 bridgehead atoms. The van der Waals surface area contributed by atoms with E-state index in [2.05, 4.69) is 22.8 Å². The minimum absolute atomic E-state index is 0.238. The number of hydrogen-bond acceptors (Lipinski definition) is 4. The second kappa shape index (κ2) is 6.18. The Morgan fingerprint density at radius 2 is 2.29 bits per heavy atom. The summed E-state index contributed by atoms with van der Waals surface area (Å²) in [5.41, 5.74) is 5.35. The molecule has 0 aromatic carbocycles. The predicted octanol–water partition coefficient (Wildman–Crippen LogP) is 1.02. The molecule has 1 aliphatic rings. The van der Waals surface area contributed by atoms with Crippen molar-refractivity contribution in [2.75, 3.05) is 19.7 Å². The zero-order chi connectivity index (χ0) is 12.1. The van der Waals surface area contributed by atoms with Crippen molar-refractivity contribution >= 4 is 11.3 Å². The van der Waals surface area contributed by atoms with E-state index in [-0.39, 0.29) is 6.61 Å². The van der Waals surface area contributed by atoms with Gasteiger partial charge < -0.3 is 10.8 Å². The second-order valence-electron chi connectivity index (χ2n) is 4.20. The summed E-state index contributed by atoms with van der Waals surface area (Å²) in [6.45, 7) is 2.35. The van der Waals surface area contributed by atoms with Crippen LogP contribution in [0, 0.1) is 11.8 Å².